The van der Waals surface area contributed by atoms with Crippen LogP contribution in [0.3, 0.4) is 0 Å². The van der Waals surface area contributed by atoms with E-state index in [2.05, 4.69) is 9.97 Å². The van der Waals surface area contributed by atoms with Gasteiger partial charge in [-0.2, -0.15) is 0 Å². The molecule has 6 nitrogen and oxygen atoms in total. The molecule has 1 atom stereocenters. The van der Waals surface area contributed by atoms with Crippen LogP contribution in [0.25, 0.3) is 10.9 Å². The molecule has 21 heavy (non-hydrogen) atoms. The first-order chi connectivity index (χ1) is 9.81. The summed E-state index contributed by atoms with van der Waals surface area (Å²) >= 11 is 1.35. The van der Waals surface area contributed by atoms with Gasteiger partial charge in [-0.25, -0.2) is 4.98 Å². The number of hydrogen-bond donors (Lipinski definition) is 3. The van der Waals surface area contributed by atoms with E-state index < -0.39 is 16.8 Å². The van der Waals surface area contributed by atoms with E-state index in [1.165, 1.54) is 11.8 Å². The van der Waals surface area contributed by atoms with E-state index in [1.54, 1.807) is 32.0 Å². The molecule has 0 saturated carbocycles. The van der Waals surface area contributed by atoms with Crippen molar-refractivity contribution in [3.63, 3.8) is 0 Å². The van der Waals surface area contributed by atoms with Gasteiger partial charge in [0, 0.05) is 4.75 Å². The van der Waals surface area contributed by atoms with Crippen LogP contribution < -0.4 is 11.3 Å². The summed E-state index contributed by atoms with van der Waals surface area (Å²) in [6.07, 6.45) is 0. The first-order valence-electron chi connectivity index (χ1n) is 6.41. The van der Waals surface area contributed by atoms with Gasteiger partial charge in [0.15, 0.2) is 0 Å². The van der Waals surface area contributed by atoms with Gasteiger partial charge in [0.2, 0.25) is 0 Å². The van der Waals surface area contributed by atoms with Gasteiger partial charge in [0.25, 0.3) is 5.56 Å². The van der Waals surface area contributed by atoms with Crippen LogP contribution in [0.2, 0.25) is 0 Å². The number of nitrogens with zero attached hydrogens (tertiary/aromatic N) is 1. The van der Waals surface area contributed by atoms with E-state index in [1.807, 2.05) is 6.07 Å². The van der Waals surface area contributed by atoms with Crippen molar-refractivity contribution in [2.24, 2.45) is 5.73 Å². The van der Waals surface area contributed by atoms with Crippen molar-refractivity contribution < 1.29 is 9.90 Å². The molecule has 2 aromatic rings. The molecule has 1 aromatic carbocycles. The number of carbonyl (C=O) groups is 1. The molecule has 0 bridgehead atoms. The molecule has 112 valence electrons. The number of H-pyrrole nitrogens is 1. The molecule has 0 aliphatic carbocycles. The summed E-state index contributed by atoms with van der Waals surface area (Å²) in [7, 11) is 0. The molecule has 0 fully saturated rings. The number of para-hydroxylation sites is 1. The quantitative estimate of drug-likeness (QED) is 0.769. The van der Waals surface area contributed by atoms with Crippen LogP contribution in [-0.2, 0) is 10.5 Å². The molecule has 1 heterocycles. The van der Waals surface area contributed by atoms with Gasteiger partial charge in [-0.05, 0) is 26.0 Å². The third-order valence-corrected chi connectivity index (χ3v) is 4.67. The van der Waals surface area contributed by atoms with Crippen molar-refractivity contribution >= 4 is 28.6 Å². The van der Waals surface area contributed by atoms with E-state index in [0.29, 0.717) is 22.5 Å². The lowest BCUT2D eigenvalue weighted by Crippen LogP contribution is -2.46. The smallest absolute Gasteiger partial charge is 0.321 e. The average molecular weight is 307 g/mol. The van der Waals surface area contributed by atoms with Gasteiger partial charge in [0.05, 0.1) is 16.7 Å². The Morgan fingerprint density at radius 2 is 2.14 bits per heavy atom. The summed E-state index contributed by atoms with van der Waals surface area (Å²) in [5.41, 5.74) is 6.09. The molecule has 7 heteroatoms. The predicted octanol–water partition coefficient (Wildman–Crippen LogP) is 1.35. The SMILES string of the molecule is CC(C)(SCc1nc2ccccc2c(=O)[nH]1)[C@@H](N)C(=O)O. The third kappa shape index (κ3) is 3.43. The number of aromatic nitrogens is 2. The number of hydrogen-bond acceptors (Lipinski definition) is 5. The summed E-state index contributed by atoms with van der Waals surface area (Å²) in [5.74, 6) is -0.157. The average Bonchev–Trinajstić information content (AvgIpc) is 2.44. The van der Waals surface area contributed by atoms with E-state index >= 15 is 0 Å². The van der Waals surface area contributed by atoms with Crippen molar-refractivity contribution in [2.45, 2.75) is 30.4 Å². The second-order valence-corrected chi connectivity index (χ2v) is 6.87. The molecule has 1 aromatic heterocycles. The molecule has 2 rings (SSSR count). The Morgan fingerprint density at radius 1 is 1.48 bits per heavy atom. The summed E-state index contributed by atoms with van der Waals surface area (Å²) in [4.78, 5) is 30.0. The Bertz CT molecular complexity index is 727. The van der Waals surface area contributed by atoms with Crippen LogP contribution in [0.15, 0.2) is 29.1 Å². The second-order valence-electron chi connectivity index (χ2n) is 5.24. The van der Waals surface area contributed by atoms with Crippen LogP contribution in [-0.4, -0.2) is 31.8 Å². The minimum absolute atomic E-state index is 0.198. The Balaban J connectivity index is 2.21. The molecule has 0 aliphatic heterocycles. The lowest BCUT2D eigenvalue weighted by molar-refractivity contribution is -0.139. The number of aliphatic carboxylic acids is 1. The van der Waals surface area contributed by atoms with Gasteiger partial charge in [0.1, 0.15) is 11.9 Å². The number of nitrogens with one attached hydrogen (secondary N) is 1. The largest absolute Gasteiger partial charge is 0.480 e. The van der Waals surface area contributed by atoms with Gasteiger partial charge in [-0.1, -0.05) is 12.1 Å². The molecule has 0 radical (unpaired) electrons. The zero-order valence-corrected chi connectivity index (χ0v) is 12.6. The third-order valence-electron chi connectivity index (χ3n) is 3.26. The summed E-state index contributed by atoms with van der Waals surface area (Å²) in [6, 6.07) is 6.09. The molecular formula is C14H17N3O3S. The van der Waals surface area contributed by atoms with Crippen molar-refractivity contribution in [3.05, 3.63) is 40.4 Å². The summed E-state index contributed by atoms with van der Waals surface area (Å²) in [5, 5.41) is 9.52. The van der Waals surface area contributed by atoms with Crippen molar-refractivity contribution in [1.29, 1.82) is 0 Å². The molecular weight excluding hydrogens is 290 g/mol. The van der Waals surface area contributed by atoms with Gasteiger partial charge >= 0.3 is 5.97 Å². The summed E-state index contributed by atoms with van der Waals surface area (Å²) < 4.78 is -0.671. The number of aromatic amines is 1. The lowest BCUT2D eigenvalue weighted by atomic mass is 10.1. The van der Waals surface area contributed by atoms with Crippen LogP contribution in [0.5, 0.6) is 0 Å². The van der Waals surface area contributed by atoms with E-state index in [4.69, 9.17) is 10.8 Å². The topological polar surface area (TPSA) is 109 Å². The van der Waals surface area contributed by atoms with Crippen molar-refractivity contribution in [3.8, 4) is 0 Å². The highest BCUT2D eigenvalue weighted by Crippen LogP contribution is 2.29. The Hall–Kier alpha value is -1.86. The monoisotopic (exact) mass is 307 g/mol. The summed E-state index contributed by atoms with van der Waals surface area (Å²) in [6.45, 7) is 3.52. The molecule has 0 amide bonds. The van der Waals surface area contributed by atoms with Gasteiger partial charge < -0.3 is 15.8 Å². The number of fused-ring (bicyclic) bond motifs is 1. The maximum Gasteiger partial charge on any atom is 0.321 e. The fraction of sp³-hybridized carbons (Fsp3) is 0.357. The number of nitrogens with two attached hydrogens (primary N) is 1. The molecule has 4 N–H and O–H groups in total. The molecule has 0 unspecified atom stereocenters. The molecule has 0 spiro atoms. The Labute approximate surface area is 125 Å². The van der Waals surface area contributed by atoms with Crippen LogP contribution in [0.4, 0.5) is 0 Å². The minimum atomic E-state index is -1.05. The highest BCUT2D eigenvalue weighted by atomic mass is 32.2. The zero-order chi connectivity index (χ0) is 15.6. The first-order valence-corrected chi connectivity index (χ1v) is 7.40. The van der Waals surface area contributed by atoms with Gasteiger partial charge in [-0.15, -0.1) is 11.8 Å². The zero-order valence-electron chi connectivity index (χ0n) is 11.8. The maximum absolute atomic E-state index is 11.9. The van der Waals surface area contributed by atoms with Crippen LogP contribution in [0, 0.1) is 0 Å². The number of carboxylic acid groups (broad SMARTS) is 1. The maximum atomic E-state index is 11.9. The van der Waals surface area contributed by atoms with E-state index in [9.17, 15) is 9.59 Å². The fourth-order valence-electron chi connectivity index (χ4n) is 1.84. The number of carboxylic acids is 1. The highest BCUT2D eigenvalue weighted by molar-refractivity contribution is 7.99. The van der Waals surface area contributed by atoms with E-state index in [0.717, 1.165) is 0 Å². The number of benzene rings is 1. The fourth-order valence-corrected chi connectivity index (χ4v) is 2.77. The minimum Gasteiger partial charge on any atom is -0.480 e. The normalized spacial score (nSPS) is 13.3. The number of thioether (sulfide) groups is 1. The first kappa shape index (κ1) is 15.5. The van der Waals surface area contributed by atoms with Crippen molar-refractivity contribution in [1.82, 2.24) is 9.97 Å². The lowest BCUT2D eigenvalue weighted by Gasteiger charge is -2.27. The van der Waals surface area contributed by atoms with Crippen LogP contribution >= 0.6 is 11.8 Å². The standard InChI is InChI=1S/C14H17N3O3S/c1-14(2,11(15)13(19)20)21-7-10-16-9-6-4-3-5-8(9)12(18)17-10/h3-6,11H,7,15H2,1-2H3,(H,19,20)(H,16,17,18)/t11-/m0/s1. The highest BCUT2D eigenvalue weighted by Gasteiger charge is 2.32. The second kappa shape index (κ2) is 5.87. The predicted molar refractivity (Wildman–Crippen MR) is 83.3 cm³/mol. The number of rotatable bonds is 5. The Kier molecular flexibility index (Phi) is 4.34. The Morgan fingerprint density at radius 3 is 2.81 bits per heavy atom. The van der Waals surface area contributed by atoms with Gasteiger partial charge in [-0.3, -0.25) is 9.59 Å². The molecule has 0 saturated heterocycles. The van der Waals surface area contributed by atoms with Crippen molar-refractivity contribution in [2.75, 3.05) is 0 Å². The van der Waals surface area contributed by atoms with E-state index in [-0.39, 0.29) is 5.56 Å². The van der Waals surface area contributed by atoms with Crippen LogP contribution in [0.1, 0.15) is 19.7 Å². The molecule has 0 aliphatic rings.